The van der Waals surface area contributed by atoms with Crippen molar-refractivity contribution in [3.8, 4) is 5.75 Å². The Bertz CT molecular complexity index is 1060. The normalized spacial score (nSPS) is 18.9. The smallest absolute Gasteiger partial charge is 0.171 e. The molecule has 1 aromatic heterocycles. The van der Waals surface area contributed by atoms with E-state index in [1.54, 1.807) is 0 Å². The van der Waals surface area contributed by atoms with Gasteiger partial charge >= 0.3 is 0 Å². The number of aromatic nitrogens is 1. The fraction of sp³-hybridized carbons (Fsp3) is 0.130. The van der Waals surface area contributed by atoms with Crippen molar-refractivity contribution in [3.05, 3.63) is 102 Å². The van der Waals surface area contributed by atoms with Crippen LogP contribution in [0.4, 0.5) is 0 Å². The van der Waals surface area contributed by atoms with Gasteiger partial charge in [-0.25, -0.2) is 0 Å². The number of rotatable bonds is 1. The van der Waals surface area contributed by atoms with Crippen molar-refractivity contribution in [1.82, 2.24) is 4.57 Å². The SMILES string of the molecule is CC1(c2ccccc2)Oc2ccccc2Cn2c1cc1ccccc12. The van der Waals surface area contributed by atoms with Crippen LogP contribution >= 0.6 is 0 Å². The molecule has 2 nitrogen and oxygen atoms in total. The van der Waals surface area contributed by atoms with E-state index in [-0.39, 0.29) is 0 Å². The first-order chi connectivity index (χ1) is 12.3. The highest BCUT2D eigenvalue weighted by atomic mass is 16.5. The molecule has 1 unspecified atom stereocenters. The first kappa shape index (κ1) is 14.4. The summed E-state index contributed by atoms with van der Waals surface area (Å²) in [5.74, 6) is 0.960. The van der Waals surface area contributed by atoms with Crippen LogP contribution in [0.1, 0.15) is 23.7 Å². The molecular weight excluding hydrogens is 306 g/mol. The fourth-order valence-electron chi connectivity index (χ4n) is 3.92. The summed E-state index contributed by atoms with van der Waals surface area (Å²) in [7, 11) is 0. The van der Waals surface area contributed by atoms with Crippen molar-refractivity contribution in [3.63, 3.8) is 0 Å². The molecule has 0 aliphatic carbocycles. The molecule has 5 rings (SSSR count). The maximum Gasteiger partial charge on any atom is 0.171 e. The molecule has 2 heteroatoms. The lowest BCUT2D eigenvalue weighted by Gasteiger charge is -2.30. The molecule has 2 heterocycles. The zero-order valence-corrected chi connectivity index (χ0v) is 14.1. The molecule has 122 valence electrons. The highest BCUT2D eigenvalue weighted by molar-refractivity contribution is 5.82. The predicted octanol–water partition coefficient (Wildman–Crippen LogP) is 5.35. The molecule has 0 saturated carbocycles. The molecule has 3 aromatic carbocycles. The predicted molar refractivity (Wildman–Crippen MR) is 101 cm³/mol. The van der Waals surface area contributed by atoms with Crippen molar-refractivity contribution in [1.29, 1.82) is 0 Å². The Morgan fingerprint density at radius 3 is 2.44 bits per heavy atom. The lowest BCUT2D eigenvalue weighted by Crippen LogP contribution is -2.32. The Morgan fingerprint density at radius 2 is 1.56 bits per heavy atom. The molecule has 0 fully saturated rings. The van der Waals surface area contributed by atoms with Gasteiger partial charge in [0.15, 0.2) is 5.60 Å². The maximum absolute atomic E-state index is 6.67. The molecule has 0 spiro atoms. The van der Waals surface area contributed by atoms with Crippen LogP contribution in [0.25, 0.3) is 10.9 Å². The van der Waals surface area contributed by atoms with E-state index in [4.69, 9.17) is 4.74 Å². The van der Waals surface area contributed by atoms with Gasteiger partial charge in [-0.3, -0.25) is 0 Å². The average Bonchev–Trinajstić information content (AvgIpc) is 2.97. The van der Waals surface area contributed by atoms with Crippen LogP contribution in [0.5, 0.6) is 5.75 Å². The van der Waals surface area contributed by atoms with Gasteiger partial charge in [-0.1, -0.05) is 66.7 Å². The van der Waals surface area contributed by atoms with Crippen LogP contribution in [0.15, 0.2) is 84.9 Å². The number of hydrogen-bond donors (Lipinski definition) is 0. The summed E-state index contributed by atoms with van der Waals surface area (Å²) in [5.41, 5.74) is 4.28. The summed E-state index contributed by atoms with van der Waals surface area (Å²) in [5, 5.41) is 1.25. The Balaban J connectivity index is 1.85. The van der Waals surface area contributed by atoms with Gasteiger partial charge in [-0.15, -0.1) is 0 Å². The van der Waals surface area contributed by atoms with E-state index in [2.05, 4.69) is 84.3 Å². The third kappa shape index (κ3) is 2.11. The Kier molecular flexibility index (Phi) is 3.01. The number of fused-ring (bicyclic) bond motifs is 4. The number of benzene rings is 3. The topological polar surface area (TPSA) is 14.2 Å². The number of nitrogens with zero attached hydrogens (tertiary/aromatic N) is 1. The Morgan fingerprint density at radius 1 is 0.840 bits per heavy atom. The molecule has 0 saturated heterocycles. The molecule has 1 aliphatic heterocycles. The molecule has 0 bridgehead atoms. The van der Waals surface area contributed by atoms with E-state index in [0.717, 1.165) is 17.9 Å². The minimum absolute atomic E-state index is 0.535. The highest BCUT2D eigenvalue weighted by Crippen LogP contribution is 2.41. The fourth-order valence-corrected chi connectivity index (χ4v) is 3.92. The second-order valence-corrected chi connectivity index (χ2v) is 6.78. The van der Waals surface area contributed by atoms with Crippen LogP contribution in [0.3, 0.4) is 0 Å². The first-order valence-electron chi connectivity index (χ1n) is 8.67. The van der Waals surface area contributed by atoms with E-state index < -0.39 is 5.60 Å². The number of hydrogen-bond acceptors (Lipinski definition) is 1. The molecule has 1 aliphatic rings. The number of para-hydroxylation sites is 2. The monoisotopic (exact) mass is 325 g/mol. The molecule has 4 aromatic rings. The lowest BCUT2D eigenvalue weighted by molar-refractivity contribution is 0.128. The minimum atomic E-state index is -0.535. The zero-order chi connectivity index (χ0) is 16.9. The van der Waals surface area contributed by atoms with Gasteiger partial charge in [-0.05, 0) is 25.1 Å². The molecular formula is C23H19NO. The Hall–Kier alpha value is -3.00. The molecule has 25 heavy (non-hydrogen) atoms. The van der Waals surface area contributed by atoms with Crippen LogP contribution in [0, 0.1) is 0 Å². The van der Waals surface area contributed by atoms with Gasteiger partial charge in [0.25, 0.3) is 0 Å². The maximum atomic E-state index is 6.67. The zero-order valence-electron chi connectivity index (χ0n) is 14.1. The van der Waals surface area contributed by atoms with Crippen molar-refractivity contribution in [2.45, 2.75) is 19.1 Å². The largest absolute Gasteiger partial charge is 0.476 e. The number of ether oxygens (including phenoxy) is 1. The van der Waals surface area contributed by atoms with Gasteiger partial charge in [-0.2, -0.15) is 0 Å². The first-order valence-corrected chi connectivity index (χ1v) is 8.67. The molecule has 0 amide bonds. The van der Waals surface area contributed by atoms with Crippen LogP contribution in [-0.4, -0.2) is 4.57 Å². The van der Waals surface area contributed by atoms with E-state index in [9.17, 15) is 0 Å². The summed E-state index contributed by atoms with van der Waals surface area (Å²) < 4.78 is 9.06. The van der Waals surface area contributed by atoms with Crippen molar-refractivity contribution in [2.75, 3.05) is 0 Å². The second kappa shape index (κ2) is 5.25. The third-order valence-corrected chi connectivity index (χ3v) is 5.24. The minimum Gasteiger partial charge on any atom is -0.476 e. The molecule has 1 atom stereocenters. The van der Waals surface area contributed by atoms with Crippen molar-refractivity contribution in [2.24, 2.45) is 0 Å². The lowest BCUT2D eigenvalue weighted by atomic mass is 9.92. The average molecular weight is 325 g/mol. The van der Waals surface area contributed by atoms with E-state index >= 15 is 0 Å². The highest BCUT2D eigenvalue weighted by Gasteiger charge is 2.37. The summed E-state index contributed by atoms with van der Waals surface area (Å²) in [4.78, 5) is 0. The van der Waals surface area contributed by atoms with Gasteiger partial charge in [0.05, 0.1) is 12.2 Å². The van der Waals surface area contributed by atoms with E-state index in [1.165, 1.54) is 22.2 Å². The second-order valence-electron chi connectivity index (χ2n) is 6.78. The van der Waals surface area contributed by atoms with Crippen molar-refractivity contribution < 1.29 is 4.74 Å². The standard InChI is InChI=1S/C23H19NO/c1-23(19-11-3-2-4-12-19)22-15-17-9-5-7-13-20(17)24(22)16-18-10-6-8-14-21(18)25-23/h2-15H,16H2,1H3. The van der Waals surface area contributed by atoms with Gasteiger partial charge < -0.3 is 9.30 Å². The summed E-state index contributed by atoms with van der Waals surface area (Å²) in [6.45, 7) is 3.00. The van der Waals surface area contributed by atoms with E-state index in [1.807, 2.05) is 12.1 Å². The van der Waals surface area contributed by atoms with Crippen LogP contribution in [-0.2, 0) is 12.1 Å². The van der Waals surface area contributed by atoms with Crippen molar-refractivity contribution >= 4 is 10.9 Å². The van der Waals surface area contributed by atoms with E-state index in [0.29, 0.717) is 0 Å². The molecule has 0 radical (unpaired) electrons. The van der Waals surface area contributed by atoms with Gasteiger partial charge in [0.1, 0.15) is 5.75 Å². The quantitative estimate of drug-likeness (QED) is 0.460. The van der Waals surface area contributed by atoms with Gasteiger partial charge in [0.2, 0.25) is 0 Å². The Labute approximate surface area is 147 Å². The summed E-state index contributed by atoms with van der Waals surface area (Å²) in [6, 6.07) is 29.7. The van der Waals surface area contributed by atoms with Gasteiger partial charge in [0, 0.05) is 22.0 Å². The third-order valence-electron chi connectivity index (χ3n) is 5.24. The van der Waals surface area contributed by atoms with Crippen LogP contribution in [0.2, 0.25) is 0 Å². The molecule has 0 N–H and O–H groups in total. The van der Waals surface area contributed by atoms with Crippen LogP contribution < -0.4 is 4.74 Å². The summed E-state index contributed by atoms with van der Waals surface area (Å²) in [6.07, 6.45) is 0. The summed E-state index contributed by atoms with van der Waals surface area (Å²) >= 11 is 0.